The Bertz CT molecular complexity index is 2850. The Hall–Kier alpha value is -5.83. The number of allylic oxidation sites excluding steroid dienone is 4. The van der Waals surface area contributed by atoms with Gasteiger partial charge in [-0.25, -0.2) is 0 Å². The molecule has 0 amide bonds. The van der Waals surface area contributed by atoms with Gasteiger partial charge in [0.2, 0.25) is 0 Å². The molecule has 0 saturated carbocycles. The summed E-state index contributed by atoms with van der Waals surface area (Å²) in [4.78, 5) is 2.81. The zero-order valence-electron chi connectivity index (χ0n) is 27.2. The molecule has 1 atom stereocenters. The third-order valence-corrected chi connectivity index (χ3v) is 12.1. The maximum atomic E-state index is 6.45. The minimum atomic E-state index is 0.358. The van der Waals surface area contributed by atoms with E-state index in [-0.39, 0.29) is 0 Å². The second-order valence-corrected chi connectivity index (χ2v) is 14.7. The van der Waals surface area contributed by atoms with E-state index in [1.54, 1.807) is 0 Å². The lowest BCUT2D eigenvalue weighted by atomic mass is 9.83. The average Bonchev–Trinajstić information content (AvgIpc) is 3.74. The number of fused-ring (bicyclic) bond motifs is 10. The van der Waals surface area contributed by atoms with Gasteiger partial charge in [0.1, 0.15) is 11.2 Å². The molecule has 1 unspecified atom stereocenters. The molecule has 50 heavy (non-hydrogen) atoms. The van der Waals surface area contributed by atoms with Gasteiger partial charge in [-0.1, -0.05) is 151 Å². The van der Waals surface area contributed by atoms with E-state index >= 15 is 0 Å². The van der Waals surface area contributed by atoms with Crippen molar-refractivity contribution in [3.05, 3.63) is 180 Å². The summed E-state index contributed by atoms with van der Waals surface area (Å²) in [6, 6.07) is 55.5. The molecule has 2 heterocycles. The van der Waals surface area contributed by atoms with Gasteiger partial charge in [0.25, 0.3) is 0 Å². The van der Waals surface area contributed by atoms with E-state index in [0.717, 1.165) is 17.6 Å². The maximum absolute atomic E-state index is 6.45. The van der Waals surface area contributed by atoms with Crippen molar-refractivity contribution in [2.24, 2.45) is 0 Å². The van der Waals surface area contributed by atoms with E-state index < -0.39 is 0 Å². The molecule has 0 fully saturated rings. The molecule has 0 saturated heterocycles. The van der Waals surface area contributed by atoms with Crippen LogP contribution in [-0.4, -0.2) is 0 Å². The summed E-state index contributed by atoms with van der Waals surface area (Å²) in [6.45, 7) is 0. The Labute approximate surface area is 294 Å². The highest BCUT2D eigenvalue weighted by molar-refractivity contribution is 8.03. The van der Waals surface area contributed by atoms with Crippen LogP contribution in [0.25, 0.3) is 82.1 Å². The monoisotopic (exact) mass is 654 g/mol. The van der Waals surface area contributed by atoms with E-state index in [4.69, 9.17) is 4.42 Å². The molecular formula is C48H30OS. The molecule has 234 valence electrons. The van der Waals surface area contributed by atoms with Crippen molar-refractivity contribution in [2.75, 3.05) is 0 Å². The number of hydrogen-bond donors (Lipinski definition) is 0. The largest absolute Gasteiger partial charge is 0.455 e. The smallest absolute Gasteiger partial charge is 0.143 e. The van der Waals surface area contributed by atoms with Crippen molar-refractivity contribution >= 4 is 71.6 Å². The lowest BCUT2D eigenvalue weighted by molar-refractivity contribution is 0.672. The fraction of sp³-hybridized carbons (Fsp3) is 0.0417. The van der Waals surface area contributed by atoms with E-state index in [0.29, 0.717) is 5.92 Å². The maximum Gasteiger partial charge on any atom is 0.143 e. The molecule has 0 radical (unpaired) electrons. The molecule has 8 aromatic carbocycles. The molecule has 1 aromatic heterocycles. The first-order valence-corrected chi connectivity index (χ1v) is 18.2. The van der Waals surface area contributed by atoms with Gasteiger partial charge in [0.05, 0.1) is 0 Å². The van der Waals surface area contributed by atoms with Crippen molar-refractivity contribution in [1.29, 1.82) is 0 Å². The van der Waals surface area contributed by atoms with Crippen LogP contribution >= 0.6 is 11.8 Å². The van der Waals surface area contributed by atoms with E-state index in [1.807, 2.05) is 17.8 Å². The summed E-state index contributed by atoms with van der Waals surface area (Å²) in [7, 11) is 0. The molecule has 9 aromatic rings. The Kier molecular flexibility index (Phi) is 6.08. The van der Waals surface area contributed by atoms with Crippen LogP contribution in [0.5, 0.6) is 0 Å². The van der Waals surface area contributed by atoms with Crippen LogP contribution < -0.4 is 0 Å². The molecule has 2 heteroatoms. The van der Waals surface area contributed by atoms with Gasteiger partial charge in [-0.05, 0) is 101 Å². The number of para-hydroxylation sites is 1. The van der Waals surface area contributed by atoms with Gasteiger partial charge in [-0.15, -0.1) is 0 Å². The number of rotatable bonds is 3. The Morgan fingerprint density at radius 3 is 1.78 bits per heavy atom. The highest BCUT2D eigenvalue weighted by atomic mass is 32.2. The fourth-order valence-electron chi connectivity index (χ4n) is 8.51. The van der Waals surface area contributed by atoms with Crippen LogP contribution in [-0.2, 0) is 0 Å². The standard InChI is InChI=1S/C48H30OS/c1-2-10-30(11-3-1)46-35-13-4-6-15-37(35)47(38-16-7-5-14-36(38)46)31-20-18-29(19-21-31)32-23-25-44-41(26-32)42-28-40-33(27-45(42)50-44)22-24-39-34-12-8-9-17-43(34)49-48(39)40/h1-25,27-28,41H,26H2. The highest BCUT2D eigenvalue weighted by Crippen LogP contribution is 2.55. The van der Waals surface area contributed by atoms with Crippen LogP contribution in [0, 0.1) is 0 Å². The zero-order chi connectivity index (χ0) is 32.8. The zero-order valence-corrected chi connectivity index (χ0v) is 28.0. The summed E-state index contributed by atoms with van der Waals surface area (Å²) in [5, 5.41) is 9.96. The predicted molar refractivity (Wildman–Crippen MR) is 213 cm³/mol. The Morgan fingerprint density at radius 1 is 0.480 bits per heavy atom. The Morgan fingerprint density at radius 2 is 1.08 bits per heavy atom. The summed E-state index contributed by atoms with van der Waals surface area (Å²) < 4.78 is 6.45. The van der Waals surface area contributed by atoms with E-state index in [1.165, 1.54) is 91.8 Å². The molecule has 0 spiro atoms. The van der Waals surface area contributed by atoms with Crippen molar-refractivity contribution in [3.63, 3.8) is 0 Å². The second-order valence-electron chi connectivity index (χ2n) is 13.6. The van der Waals surface area contributed by atoms with Crippen LogP contribution in [0.15, 0.2) is 178 Å². The van der Waals surface area contributed by atoms with Crippen molar-refractivity contribution in [3.8, 4) is 22.3 Å². The average molecular weight is 655 g/mol. The minimum Gasteiger partial charge on any atom is -0.455 e. The van der Waals surface area contributed by atoms with Gasteiger partial charge in [0.15, 0.2) is 0 Å². The number of thioether (sulfide) groups is 1. The first-order chi connectivity index (χ1) is 24.8. The SMILES string of the molecule is C1=C(c2ccc(-c3c4ccccc4c(-c4ccccc4)c4ccccc34)cc2)CC2C(=C1)Sc1cc3ccc4c5ccccc5oc4c3cc12. The summed E-state index contributed by atoms with van der Waals surface area (Å²) >= 11 is 1.93. The van der Waals surface area contributed by atoms with E-state index in [2.05, 4.69) is 158 Å². The molecule has 1 aliphatic carbocycles. The predicted octanol–water partition coefficient (Wildman–Crippen LogP) is 13.9. The van der Waals surface area contributed by atoms with Crippen LogP contribution in [0.2, 0.25) is 0 Å². The quantitative estimate of drug-likeness (QED) is 0.176. The van der Waals surface area contributed by atoms with Crippen LogP contribution in [0.3, 0.4) is 0 Å². The molecule has 2 aliphatic rings. The van der Waals surface area contributed by atoms with Gasteiger partial charge in [0, 0.05) is 27.0 Å². The molecule has 0 bridgehead atoms. The van der Waals surface area contributed by atoms with Crippen LogP contribution in [0.4, 0.5) is 0 Å². The summed E-state index contributed by atoms with van der Waals surface area (Å²) in [6.07, 6.45) is 5.69. The van der Waals surface area contributed by atoms with Crippen LogP contribution in [0.1, 0.15) is 23.5 Å². The molecule has 0 N–H and O–H groups in total. The normalized spacial score (nSPS) is 15.5. The van der Waals surface area contributed by atoms with Crippen molar-refractivity contribution in [2.45, 2.75) is 17.2 Å². The number of benzene rings is 8. The third kappa shape index (κ3) is 4.15. The number of furan rings is 1. The topological polar surface area (TPSA) is 13.1 Å². The summed E-state index contributed by atoms with van der Waals surface area (Å²) in [5.41, 5.74) is 11.1. The first-order valence-electron chi connectivity index (χ1n) is 17.3. The summed E-state index contributed by atoms with van der Waals surface area (Å²) in [5.74, 6) is 0.358. The minimum absolute atomic E-state index is 0.358. The van der Waals surface area contributed by atoms with Gasteiger partial charge < -0.3 is 4.42 Å². The number of hydrogen-bond acceptors (Lipinski definition) is 2. The Balaban J connectivity index is 0.981. The van der Waals surface area contributed by atoms with Gasteiger partial charge >= 0.3 is 0 Å². The fourth-order valence-corrected chi connectivity index (χ4v) is 9.76. The molecule has 1 aliphatic heterocycles. The van der Waals surface area contributed by atoms with Gasteiger partial charge in [-0.3, -0.25) is 0 Å². The second kappa shape index (κ2) is 10.8. The van der Waals surface area contributed by atoms with E-state index in [9.17, 15) is 0 Å². The lowest BCUT2D eigenvalue weighted by Gasteiger charge is -2.21. The van der Waals surface area contributed by atoms with Gasteiger partial charge in [-0.2, -0.15) is 0 Å². The molecular weight excluding hydrogens is 625 g/mol. The van der Waals surface area contributed by atoms with Crippen molar-refractivity contribution in [1.82, 2.24) is 0 Å². The lowest BCUT2D eigenvalue weighted by Crippen LogP contribution is -2.02. The van der Waals surface area contributed by atoms with Crippen molar-refractivity contribution < 1.29 is 4.42 Å². The molecule has 11 rings (SSSR count). The third-order valence-electron chi connectivity index (χ3n) is 10.8. The first kappa shape index (κ1) is 28.1. The molecule has 1 nitrogen and oxygen atoms in total. The highest BCUT2D eigenvalue weighted by Gasteiger charge is 2.32.